The van der Waals surface area contributed by atoms with Crippen LogP contribution in [0, 0.1) is 0 Å². The molecule has 4 nitrogen and oxygen atoms in total. The van der Waals surface area contributed by atoms with Crippen molar-refractivity contribution in [1.29, 1.82) is 0 Å². The molecule has 2 rings (SSSR count). The van der Waals surface area contributed by atoms with Crippen LogP contribution in [-0.2, 0) is 11.2 Å². The van der Waals surface area contributed by atoms with Gasteiger partial charge in [-0.2, -0.15) is 0 Å². The standard InChI is InChI=1S/C14H20O4/c1-16-13-6-3-5-10(14(13)17-2)9-11(15)12-7-4-8-18-12/h3,5-6,11-12,15H,4,7-9H2,1-2H3. The highest BCUT2D eigenvalue weighted by Crippen LogP contribution is 2.32. The Hall–Kier alpha value is -1.26. The van der Waals surface area contributed by atoms with Crippen molar-refractivity contribution < 1.29 is 19.3 Å². The van der Waals surface area contributed by atoms with Crippen LogP contribution in [0.25, 0.3) is 0 Å². The molecule has 0 aromatic heterocycles. The van der Waals surface area contributed by atoms with E-state index in [2.05, 4.69) is 0 Å². The highest BCUT2D eigenvalue weighted by atomic mass is 16.5. The van der Waals surface area contributed by atoms with E-state index in [4.69, 9.17) is 14.2 Å². The smallest absolute Gasteiger partial charge is 0.163 e. The van der Waals surface area contributed by atoms with Crippen molar-refractivity contribution in [2.24, 2.45) is 0 Å². The van der Waals surface area contributed by atoms with E-state index < -0.39 is 6.10 Å². The van der Waals surface area contributed by atoms with Crippen molar-refractivity contribution in [3.05, 3.63) is 23.8 Å². The van der Waals surface area contributed by atoms with Crippen LogP contribution in [0.2, 0.25) is 0 Å². The minimum atomic E-state index is -0.492. The number of hydrogen-bond donors (Lipinski definition) is 1. The van der Waals surface area contributed by atoms with Gasteiger partial charge in [0.1, 0.15) is 0 Å². The molecule has 0 spiro atoms. The summed E-state index contributed by atoms with van der Waals surface area (Å²) < 4.78 is 16.1. The molecule has 1 aromatic rings. The van der Waals surface area contributed by atoms with E-state index in [0.29, 0.717) is 17.9 Å². The minimum absolute atomic E-state index is 0.0547. The van der Waals surface area contributed by atoms with Crippen molar-refractivity contribution in [1.82, 2.24) is 0 Å². The maximum atomic E-state index is 10.2. The zero-order chi connectivity index (χ0) is 13.0. The van der Waals surface area contributed by atoms with Crippen molar-refractivity contribution >= 4 is 0 Å². The Balaban J connectivity index is 2.12. The van der Waals surface area contributed by atoms with Crippen LogP contribution in [0.15, 0.2) is 18.2 Å². The molecule has 2 atom stereocenters. The molecule has 18 heavy (non-hydrogen) atoms. The maximum Gasteiger partial charge on any atom is 0.163 e. The molecule has 1 N–H and O–H groups in total. The summed E-state index contributed by atoms with van der Waals surface area (Å²) in [5.41, 5.74) is 0.944. The van der Waals surface area contributed by atoms with E-state index in [1.165, 1.54) is 0 Å². The quantitative estimate of drug-likeness (QED) is 0.868. The van der Waals surface area contributed by atoms with Crippen LogP contribution in [0.4, 0.5) is 0 Å². The average Bonchev–Trinajstić information content (AvgIpc) is 2.92. The summed E-state index contributed by atoms with van der Waals surface area (Å²) in [6.07, 6.45) is 1.92. The van der Waals surface area contributed by atoms with E-state index >= 15 is 0 Å². The van der Waals surface area contributed by atoms with Gasteiger partial charge in [0.15, 0.2) is 11.5 Å². The van der Waals surface area contributed by atoms with E-state index in [1.54, 1.807) is 14.2 Å². The lowest BCUT2D eigenvalue weighted by atomic mass is 10.0. The molecule has 1 fully saturated rings. The van der Waals surface area contributed by atoms with E-state index in [0.717, 1.165) is 25.0 Å². The van der Waals surface area contributed by atoms with Gasteiger partial charge in [-0.1, -0.05) is 12.1 Å². The molecular formula is C14H20O4. The molecule has 0 bridgehead atoms. The predicted octanol–water partition coefficient (Wildman–Crippen LogP) is 1.79. The number of ether oxygens (including phenoxy) is 3. The third-order valence-corrected chi connectivity index (χ3v) is 3.31. The van der Waals surface area contributed by atoms with Crippen LogP contribution in [0.3, 0.4) is 0 Å². The summed E-state index contributed by atoms with van der Waals surface area (Å²) in [4.78, 5) is 0. The van der Waals surface area contributed by atoms with Crippen LogP contribution in [-0.4, -0.2) is 38.1 Å². The van der Waals surface area contributed by atoms with Crippen molar-refractivity contribution in [3.63, 3.8) is 0 Å². The van der Waals surface area contributed by atoms with Crippen LogP contribution >= 0.6 is 0 Å². The van der Waals surface area contributed by atoms with Gasteiger partial charge >= 0.3 is 0 Å². The molecular weight excluding hydrogens is 232 g/mol. The van der Waals surface area contributed by atoms with Gasteiger partial charge in [0.25, 0.3) is 0 Å². The molecule has 0 radical (unpaired) electrons. The number of para-hydroxylation sites is 1. The van der Waals surface area contributed by atoms with Crippen molar-refractivity contribution in [3.8, 4) is 11.5 Å². The van der Waals surface area contributed by atoms with Gasteiger partial charge < -0.3 is 19.3 Å². The lowest BCUT2D eigenvalue weighted by molar-refractivity contribution is -0.00102. The second kappa shape index (κ2) is 6.07. The summed E-state index contributed by atoms with van der Waals surface area (Å²) in [6, 6.07) is 5.69. The molecule has 1 aliphatic heterocycles. The highest BCUT2D eigenvalue weighted by Gasteiger charge is 2.25. The number of methoxy groups -OCH3 is 2. The number of rotatable bonds is 5. The third-order valence-electron chi connectivity index (χ3n) is 3.31. The minimum Gasteiger partial charge on any atom is -0.493 e. The molecule has 2 unspecified atom stereocenters. The van der Waals surface area contributed by atoms with E-state index in [-0.39, 0.29) is 6.10 Å². The van der Waals surface area contributed by atoms with Gasteiger partial charge in [-0.3, -0.25) is 0 Å². The lowest BCUT2D eigenvalue weighted by Gasteiger charge is -2.19. The van der Waals surface area contributed by atoms with Crippen molar-refractivity contribution in [2.75, 3.05) is 20.8 Å². The van der Waals surface area contributed by atoms with Crippen LogP contribution in [0.1, 0.15) is 18.4 Å². The number of hydrogen-bond acceptors (Lipinski definition) is 4. The highest BCUT2D eigenvalue weighted by molar-refractivity contribution is 5.46. The largest absolute Gasteiger partial charge is 0.493 e. The Morgan fingerprint density at radius 2 is 2.22 bits per heavy atom. The molecule has 0 saturated carbocycles. The first-order valence-corrected chi connectivity index (χ1v) is 6.25. The summed E-state index contributed by atoms with van der Waals surface area (Å²) in [6.45, 7) is 0.747. The number of aliphatic hydroxyl groups is 1. The lowest BCUT2D eigenvalue weighted by Crippen LogP contribution is -2.27. The van der Waals surface area contributed by atoms with Gasteiger partial charge in [-0.05, 0) is 18.9 Å². The van der Waals surface area contributed by atoms with E-state index in [1.807, 2.05) is 18.2 Å². The molecule has 0 aliphatic carbocycles. The van der Waals surface area contributed by atoms with Gasteiger partial charge in [-0.15, -0.1) is 0 Å². The zero-order valence-electron chi connectivity index (χ0n) is 10.9. The first-order chi connectivity index (χ1) is 8.76. The summed E-state index contributed by atoms with van der Waals surface area (Å²) >= 11 is 0. The van der Waals surface area contributed by atoms with Gasteiger partial charge in [0.2, 0.25) is 0 Å². The first-order valence-electron chi connectivity index (χ1n) is 6.25. The van der Waals surface area contributed by atoms with Crippen molar-refractivity contribution in [2.45, 2.75) is 31.5 Å². The average molecular weight is 252 g/mol. The fourth-order valence-electron chi connectivity index (χ4n) is 2.38. The maximum absolute atomic E-state index is 10.2. The summed E-state index contributed by atoms with van der Waals surface area (Å²) in [5, 5.41) is 10.2. The monoisotopic (exact) mass is 252 g/mol. The second-order valence-corrected chi connectivity index (χ2v) is 4.48. The van der Waals surface area contributed by atoms with Crippen LogP contribution < -0.4 is 9.47 Å². The molecule has 1 heterocycles. The van der Waals surface area contributed by atoms with Gasteiger partial charge in [0, 0.05) is 18.6 Å². The normalized spacial score (nSPS) is 20.7. The fraction of sp³-hybridized carbons (Fsp3) is 0.571. The first kappa shape index (κ1) is 13.2. The fourth-order valence-corrected chi connectivity index (χ4v) is 2.38. The molecule has 0 amide bonds. The Morgan fingerprint density at radius 3 is 2.83 bits per heavy atom. The molecule has 4 heteroatoms. The molecule has 100 valence electrons. The third kappa shape index (κ3) is 2.76. The predicted molar refractivity (Wildman–Crippen MR) is 68.2 cm³/mol. The number of benzene rings is 1. The number of aliphatic hydroxyl groups excluding tert-OH is 1. The van der Waals surface area contributed by atoms with E-state index in [9.17, 15) is 5.11 Å². The second-order valence-electron chi connectivity index (χ2n) is 4.48. The van der Waals surface area contributed by atoms with Gasteiger partial charge in [0.05, 0.1) is 26.4 Å². The Bertz CT molecular complexity index is 385. The Morgan fingerprint density at radius 1 is 1.39 bits per heavy atom. The Kier molecular flexibility index (Phi) is 4.44. The molecule has 1 aliphatic rings. The van der Waals surface area contributed by atoms with Gasteiger partial charge in [-0.25, -0.2) is 0 Å². The molecule has 1 saturated heterocycles. The topological polar surface area (TPSA) is 47.9 Å². The Labute approximate surface area is 107 Å². The van der Waals surface area contributed by atoms with Crippen LogP contribution in [0.5, 0.6) is 11.5 Å². The molecule has 1 aromatic carbocycles. The zero-order valence-corrected chi connectivity index (χ0v) is 10.9. The summed E-state index contributed by atoms with van der Waals surface area (Å²) in [7, 11) is 3.22. The SMILES string of the molecule is COc1cccc(CC(O)C2CCCO2)c1OC. The summed E-state index contributed by atoms with van der Waals surface area (Å²) in [5.74, 6) is 1.38.